The van der Waals surface area contributed by atoms with Crippen molar-refractivity contribution in [3.63, 3.8) is 0 Å². The topological polar surface area (TPSA) is 38.9 Å². The normalized spacial score (nSPS) is 11.6. The van der Waals surface area contributed by atoms with Gasteiger partial charge >= 0.3 is 0 Å². The molecule has 3 nitrogen and oxygen atoms in total. The van der Waals surface area contributed by atoms with E-state index in [0.29, 0.717) is 11.8 Å². The summed E-state index contributed by atoms with van der Waals surface area (Å²) in [4.78, 5) is 0. The molecule has 0 saturated heterocycles. The van der Waals surface area contributed by atoms with Gasteiger partial charge in [-0.1, -0.05) is 80.4 Å². The molecule has 29 heavy (non-hydrogen) atoms. The summed E-state index contributed by atoms with van der Waals surface area (Å²) in [6.45, 7) is 10.8. The van der Waals surface area contributed by atoms with E-state index in [1.165, 1.54) is 11.1 Å². The molecule has 4 rings (SSSR count). The van der Waals surface area contributed by atoms with Crippen molar-refractivity contribution in [2.75, 3.05) is 0 Å². The van der Waals surface area contributed by atoms with Gasteiger partial charge in [0.2, 0.25) is 11.8 Å². The predicted octanol–water partition coefficient (Wildman–Crippen LogP) is 6.98. The Morgan fingerprint density at radius 1 is 0.621 bits per heavy atom. The van der Waals surface area contributed by atoms with Gasteiger partial charge < -0.3 is 4.42 Å². The fourth-order valence-electron chi connectivity index (χ4n) is 3.38. The molecule has 0 N–H and O–H groups in total. The Morgan fingerprint density at radius 2 is 1.21 bits per heavy atom. The Morgan fingerprint density at radius 3 is 1.86 bits per heavy atom. The molecule has 0 radical (unpaired) electrons. The van der Waals surface area contributed by atoms with Crippen molar-refractivity contribution in [3.05, 3.63) is 83.4 Å². The summed E-state index contributed by atoms with van der Waals surface area (Å²) in [6.07, 6.45) is 0. The number of benzene rings is 3. The summed E-state index contributed by atoms with van der Waals surface area (Å²) < 4.78 is 6.10. The maximum Gasteiger partial charge on any atom is 0.248 e. The predicted molar refractivity (Wildman–Crippen MR) is 119 cm³/mol. The van der Waals surface area contributed by atoms with Crippen molar-refractivity contribution in [1.82, 2.24) is 10.2 Å². The summed E-state index contributed by atoms with van der Waals surface area (Å²) in [6, 6.07) is 23.2. The SMILES string of the molecule is Cc1ccc(-c2ccc(C)cc2-c2nnc(-c3ccc(C(C)(C)C)cc3)o2)cc1. The lowest BCUT2D eigenvalue weighted by atomic mass is 9.87. The van der Waals surface area contributed by atoms with Crippen LogP contribution < -0.4 is 0 Å². The van der Waals surface area contributed by atoms with Crippen LogP contribution in [0.1, 0.15) is 37.5 Å². The average molecular weight is 383 g/mol. The molecule has 1 heterocycles. The van der Waals surface area contributed by atoms with Crippen molar-refractivity contribution in [2.45, 2.75) is 40.0 Å². The summed E-state index contributed by atoms with van der Waals surface area (Å²) >= 11 is 0. The molecule has 0 aliphatic heterocycles. The van der Waals surface area contributed by atoms with Gasteiger partial charge in [-0.25, -0.2) is 0 Å². The van der Waals surface area contributed by atoms with Crippen molar-refractivity contribution in [2.24, 2.45) is 0 Å². The van der Waals surface area contributed by atoms with Crippen molar-refractivity contribution in [1.29, 1.82) is 0 Å². The first-order valence-corrected chi connectivity index (χ1v) is 9.94. The van der Waals surface area contributed by atoms with Crippen LogP contribution in [0.15, 0.2) is 71.1 Å². The van der Waals surface area contributed by atoms with Crippen LogP contribution in [0.5, 0.6) is 0 Å². The second-order valence-corrected chi connectivity index (χ2v) is 8.65. The summed E-state index contributed by atoms with van der Waals surface area (Å²) in [5.41, 5.74) is 7.91. The number of aromatic nitrogens is 2. The van der Waals surface area contributed by atoms with E-state index in [0.717, 1.165) is 27.8 Å². The van der Waals surface area contributed by atoms with Gasteiger partial charge in [-0.3, -0.25) is 0 Å². The Balaban J connectivity index is 1.73. The smallest absolute Gasteiger partial charge is 0.248 e. The van der Waals surface area contributed by atoms with Gasteiger partial charge in [0, 0.05) is 11.1 Å². The molecule has 0 saturated carbocycles. The molecule has 0 aliphatic rings. The van der Waals surface area contributed by atoms with E-state index in [-0.39, 0.29) is 5.41 Å². The number of nitrogens with zero attached hydrogens (tertiary/aromatic N) is 2. The molecule has 0 spiro atoms. The van der Waals surface area contributed by atoms with E-state index < -0.39 is 0 Å². The van der Waals surface area contributed by atoms with E-state index >= 15 is 0 Å². The fourth-order valence-corrected chi connectivity index (χ4v) is 3.38. The van der Waals surface area contributed by atoms with Crippen molar-refractivity contribution in [3.8, 4) is 34.0 Å². The Labute approximate surface area is 172 Å². The van der Waals surface area contributed by atoms with Gasteiger partial charge in [-0.15, -0.1) is 10.2 Å². The molecule has 3 aromatic carbocycles. The molecule has 4 aromatic rings. The highest BCUT2D eigenvalue weighted by molar-refractivity contribution is 5.80. The number of aryl methyl sites for hydroxylation is 2. The zero-order valence-corrected chi connectivity index (χ0v) is 17.7. The second kappa shape index (κ2) is 7.32. The highest BCUT2D eigenvalue weighted by Gasteiger charge is 2.17. The summed E-state index contributed by atoms with van der Waals surface area (Å²) in [5, 5.41) is 8.68. The third-order valence-electron chi connectivity index (χ3n) is 5.19. The Kier molecular flexibility index (Phi) is 4.83. The molecule has 0 bridgehead atoms. The zero-order chi connectivity index (χ0) is 20.6. The Bertz CT molecular complexity index is 1130. The Hall–Kier alpha value is -3.20. The van der Waals surface area contributed by atoms with Crippen LogP contribution in [0.4, 0.5) is 0 Å². The minimum atomic E-state index is 0.114. The third kappa shape index (κ3) is 4.00. The summed E-state index contributed by atoms with van der Waals surface area (Å²) in [5.74, 6) is 1.08. The molecule has 1 aromatic heterocycles. The largest absolute Gasteiger partial charge is 0.416 e. The first kappa shape index (κ1) is 19.1. The van der Waals surface area contributed by atoms with Gasteiger partial charge in [-0.2, -0.15) is 0 Å². The zero-order valence-electron chi connectivity index (χ0n) is 17.7. The van der Waals surface area contributed by atoms with Crippen LogP contribution in [0.2, 0.25) is 0 Å². The standard InChI is InChI=1S/C26H26N2O/c1-17-6-9-19(10-7-17)22-15-8-18(2)16-23(22)25-28-27-24(29-25)20-11-13-21(14-12-20)26(3,4)5/h6-16H,1-5H3. The van der Waals surface area contributed by atoms with E-state index in [4.69, 9.17) is 4.42 Å². The van der Waals surface area contributed by atoms with E-state index in [1.54, 1.807) is 0 Å². The fraction of sp³-hybridized carbons (Fsp3) is 0.231. The quantitative estimate of drug-likeness (QED) is 0.383. The molecule has 0 atom stereocenters. The molecule has 0 amide bonds. The monoisotopic (exact) mass is 382 g/mol. The number of rotatable bonds is 3. The van der Waals surface area contributed by atoms with Crippen LogP contribution in [-0.2, 0) is 5.41 Å². The van der Waals surface area contributed by atoms with Crippen molar-refractivity contribution >= 4 is 0 Å². The summed E-state index contributed by atoms with van der Waals surface area (Å²) in [7, 11) is 0. The number of hydrogen-bond acceptors (Lipinski definition) is 3. The van der Waals surface area contributed by atoms with Crippen LogP contribution in [0.25, 0.3) is 34.0 Å². The molecule has 146 valence electrons. The first-order chi connectivity index (χ1) is 13.8. The molecule has 0 aliphatic carbocycles. The van der Waals surface area contributed by atoms with Crippen LogP contribution in [0, 0.1) is 13.8 Å². The molecule has 0 fully saturated rings. The van der Waals surface area contributed by atoms with Gasteiger partial charge in [0.05, 0.1) is 0 Å². The van der Waals surface area contributed by atoms with Gasteiger partial charge in [0.15, 0.2) is 0 Å². The van der Waals surface area contributed by atoms with Crippen LogP contribution in [0.3, 0.4) is 0 Å². The van der Waals surface area contributed by atoms with E-state index in [2.05, 4.69) is 112 Å². The second-order valence-electron chi connectivity index (χ2n) is 8.65. The molecule has 3 heteroatoms. The van der Waals surface area contributed by atoms with Gasteiger partial charge in [0.1, 0.15) is 0 Å². The van der Waals surface area contributed by atoms with Crippen LogP contribution >= 0.6 is 0 Å². The highest BCUT2D eigenvalue weighted by Crippen LogP contribution is 2.34. The van der Waals surface area contributed by atoms with Gasteiger partial charge in [-0.05, 0) is 54.2 Å². The minimum Gasteiger partial charge on any atom is -0.416 e. The van der Waals surface area contributed by atoms with E-state index in [9.17, 15) is 0 Å². The third-order valence-corrected chi connectivity index (χ3v) is 5.19. The highest BCUT2D eigenvalue weighted by atomic mass is 16.4. The average Bonchev–Trinajstić information content (AvgIpc) is 3.18. The maximum atomic E-state index is 6.10. The molecular weight excluding hydrogens is 356 g/mol. The minimum absolute atomic E-state index is 0.114. The lowest BCUT2D eigenvalue weighted by molar-refractivity contribution is 0.582. The first-order valence-electron chi connectivity index (χ1n) is 9.94. The maximum absolute atomic E-state index is 6.10. The lowest BCUT2D eigenvalue weighted by Gasteiger charge is -2.18. The van der Waals surface area contributed by atoms with Crippen LogP contribution in [-0.4, -0.2) is 10.2 Å². The van der Waals surface area contributed by atoms with Crippen molar-refractivity contribution < 1.29 is 4.42 Å². The lowest BCUT2D eigenvalue weighted by Crippen LogP contribution is -2.10. The molecular formula is C26H26N2O. The van der Waals surface area contributed by atoms with Gasteiger partial charge in [0.25, 0.3) is 0 Å². The van der Waals surface area contributed by atoms with E-state index in [1.807, 2.05) is 0 Å². The number of hydrogen-bond donors (Lipinski definition) is 0. The molecule has 0 unspecified atom stereocenters.